The molecule has 112 valence electrons. The number of anilines is 2. The summed E-state index contributed by atoms with van der Waals surface area (Å²) in [4.78, 5) is 14.4. The number of hydrogen-bond acceptors (Lipinski definition) is 2. The van der Waals surface area contributed by atoms with Gasteiger partial charge in [0.05, 0.1) is 16.8 Å². The van der Waals surface area contributed by atoms with E-state index < -0.39 is 12.0 Å². The number of benzene rings is 2. The molecular weight excluding hydrogens is 288 g/mol. The lowest BCUT2D eigenvalue weighted by Gasteiger charge is -2.19. The zero-order valence-electron chi connectivity index (χ0n) is 11.6. The smallest absolute Gasteiger partial charge is 0.387 e. The number of halogens is 2. The Morgan fingerprint density at radius 1 is 1.09 bits per heavy atom. The Labute approximate surface area is 126 Å². The van der Waals surface area contributed by atoms with E-state index >= 15 is 0 Å². The number of alkyl halides is 2. The fraction of sp³-hybridized carbons (Fsp3) is 0.235. The van der Waals surface area contributed by atoms with Gasteiger partial charge in [0.25, 0.3) is 0 Å². The van der Waals surface area contributed by atoms with Crippen LogP contribution in [0.1, 0.15) is 18.4 Å². The fourth-order valence-corrected chi connectivity index (χ4v) is 3.18. The Balaban J connectivity index is 1.79. The number of para-hydroxylation sites is 1. The molecule has 1 spiro atoms. The van der Waals surface area contributed by atoms with Crippen LogP contribution in [0.3, 0.4) is 0 Å². The minimum Gasteiger partial charge on any atom is -0.435 e. The fourth-order valence-electron chi connectivity index (χ4n) is 3.18. The minimum absolute atomic E-state index is 0.0166. The third kappa shape index (κ3) is 1.81. The average molecular weight is 301 g/mol. The molecule has 1 amide bonds. The van der Waals surface area contributed by atoms with Crippen LogP contribution in [0.25, 0.3) is 0 Å². The number of ether oxygens (including phenoxy) is 1. The lowest BCUT2D eigenvalue weighted by Crippen LogP contribution is -2.27. The SMILES string of the molecule is O=C1N(c2cccc(OC(F)F)c2)c2ccccc2C12CC2. The summed E-state index contributed by atoms with van der Waals surface area (Å²) >= 11 is 0. The molecular formula is C17H13F2NO2. The van der Waals surface area contributed by atoms with Gasteiger partial charge < -0.3 is 4.74 Å². The highest BCUT2D eigenvalue weighted by Gasteiger charge is 2.59. The van der Waals surface area contributed by atoms with Gasteiger partial charge in [0.15, 0.2) is 0 Å². The van der Waals surface area contributed by atoms with E-state index in [1.807, 2.05) is 24.3 Å². The molecule has 0 atom stereocenters. The van der Waals surface area contributed by atoms with Gasteiger partial charge in [-0.2, -0.15) is 8.78 Å². The van der Waals surface area contributed by atoms with Crippen molar-refractivity contribution in [2.75, 3.05) is 4.90 Å². The molecule has 0 bridgehead atoms. The summed E-state index contributed by atoms with van der Waals surface area (Å²) in [6, 6.07) is 13.9. The summed E-state index contributed by atoms with van der Waals surface area (Å²) < 4.78 is 29.2. The second-order valence-electron chi connectivity index (χ2n) is 5.62. The first-order chi connectivity index (χ1) is 10.6. The van der Waals surface area contributed by atoms with Gasteiger partial charge in [-0.25, -0.2) is 0 Å². The van der Waals surface area contributed by atoms with Gasteiger partial charge in [0.2, 0.25) is 5.91 Å². The van der Waals surface area contributed by atoms with Crippen molar-refractivity contribution in [3.63, 3.8) is 0 Å². The second kappa shape index (κ2) is 4.53. The van der Waals surface area contributed by atoms with Crippen molar-refractivity contribution in [2.45, 2.75) is 24.9 Å². The first-order valence-corrected chi connectivity index (χ1v) is 7.11. The molecule has 1 fully saturated rings. The van der Waals surface area contributed by atoms with Crippen LogP contribution in [0.15, 0.2) is 48.5 Å². The maximum absolute atomic E-state index is 12.8. The second-order valence-corrected chi connectivity index (χ2v) is 5.62. The average Bonchev–Trinajstić information content (AvgIpc) is 3.25. The van der Waals surface area contributed by atoms with Gasteiger partial charge in [0.1, 0.15) is 5.75 Å². The molecule has 1 saturated carbocycles. The lowest BCUT2D eigenvalue weighted by molar-refractivity contribution is -0.119. The van der Waals surface area contributed by atoms with E-state index in [0.717, 1.165) is 24.1 Å². The number of nitrogens with zero attached hydrogens (tertiary/aromatic N) is 1. The van der Waals surface area contributed by atoms with Gasteiger partial charge in [-0.15, -0.1) is 0 Å². The van der Waals surface area contributed by atoms with Crippen molar-refractivity contribution >= 4 is 17.3 Å². The maximum atomic E-state index is 12.8. The van der Waals surface area contributed by atoms with Crippen LogP contribution in [0.2, 0.25) is 0 Å². The number of amides is 1. The summed E-state index contributed by atoms with van der Waals surface area (Å²) in [5.41, 5.74) is 2.01. The molecule has 3 nitrogen and oxygen atoms in total. The van der Waals surface area contributed by atoms with Gasteiger partial charge in [-0.3, -0.25) is 9.69 Å². The Bertz CT molecular complexity index is 756. The molecule has 22 heavy (non-hydrogen) atoms. The summed E-state index contributed by atoms with van der Waals surface area (Å²) in [6.45, 7) is -2.88. The molecule has 1 aliphatic carbocycles. The number of carbonyl (C=O) groups is 1. The normalized spacial score (nSPS) is 18.0. The molecule has 2 aromatic carbocycles. The molecule has 2 aliphatic rings. The molecule has 2 aromatic rings. The van der Waals surface area contributed by atoms with E-state index in [2.05, 4.69) is 4.74 Å². The highest BCUT2D eigenvalue weighted by Crippen LogP contribution is 2.58. The van der Waals surface area contributed by atoms with Crippen LogP contribution in [0.5, 0.6) is 5.75 Å². The summed E-state index contributed by atoms with van der Waals surface area (Å²) in [5, 5.41) is 0. The van der Waals surface area contributed by atoms with Gasteiger partial charge >= 0.3 is 6.61 Å². The topological polar surface area (TPSA) is 29.5 Å². The van der Waals surface area contributed by atoms with Gasteiger partial charge in [-0.05, 0) is 36.6 Å². The first kappa shape index (κ1) is 13.2. The predicted molar refractivity (Wildman–Crippen MR) is 77.6 cm³/mol. The summed E-state index contributed by atoms with van der Waals surface area (Å²) in [5.74, 6) is 0.0671. The summed E-state index contributed by atoms with van der Waals surface area (Å²) in [7, 11) is 0. The van der Waals surface area contributed by atoms with Crippen LogP contribution in [-0.2, 0) is 10.2 Å². The molecule has 0 aromatic heterocycles. The van der Waals surface area contributed by atoms with Crippen molar-refractivity contribution in [1.82, 2.24) is 0 Å². The lowest BCUT2D eigenvalue weighted by atomic mass is 9.98. The van der Waals surface area contributed by atoms with Crippen LogP contribution < -0.4 is 9.64 Å². The quantitative estimate of drug-likeness (QED) is 0.857. The van der Waals surface area contributed by atoms with Crippen LogP contribution in [-0.4, -0.2) is 12.5 Å². The minimum atomic E-state index is -2.88. The van der Waals surface area contributed by atoms with Crippen molar-refractivity contribution in [1.29, 1.82) is 0 Å². The number of fused-ring (bicyclic) bond motifs is 2. The molecule has 4 rings (SSSR count). The van der Waals surface area contributed by atoms with E-state index in [4.69, 9.17) is 0 Å². The maximum Gasteiger partial charge on any atom is 0.387 e. The number of hydrogen-bond donors (Lipinski definition) is 0. The van der Waals surface area contributed by atoms with Crippen LogP contribution in [0.4, 0.5) is 20.2 Å². The molecule has 0 N–H and O–H groups in total. The third-order valence-electron chi connectivity index (χ3n) is 4.32. The Morgan fingerprint density at radius 3 is 2.59 bits per heavy atom. The molecule has 1 heterocycles. The number of rotatable bonds is 3. The Morgan fingerprint density at radius 2 is 1.86 bits per heavy atom. The molecule has 1 aliphatic heterocycles. The zero-order valence-corrected chi connectivity index (χ0v) is 11.6. The van der Waals surface area contributed by atoms with Crippen LogP contribution in [0, 0.1) is 0 Å². The van der Waals surface area contributed by atoms with Crippen molar-refractivity contribution in [3.05, 3.63) is 54.1 Å². The summed E-state index contributed by atoms with van der Waals surface area (Å²) in [6.07, 6.45) is 1.68. The van der Waals surface area contributed by atoms with Crippen molar-refractivity contribution in [3.8, 4) is 5.75 Å². The van der Waals surface area contributed by atoms with E-state index in [1.165, 1.54) is 12.1 Å². The number of carbonyl (C=O) groups excluding carboxylic acids is 1. The van der Waals surface area contributed by atoms with Gasteiger partial charge in [-0.1, -0.05) is 24.3 Å². The van der Waals surface area contributed by atoms with Crippen LogP contribution >= 0.6 is 0 Å². The Kier molecular flexibility index (Phi) is 2.73. The van der Waals surface area contributed by atoms with E-state index in [9.17, 15) is 13.6 Å². The molecule has 0 unspecified atom stereocenters. The van der Waals surface area contributed by atoms with E-state index in [0.29, 0.717) is 5.69 Å². The first-order valence-electron chi connectivity index (χ1n) is 7.11. The van der Waals surface area contributed by atoms with Crippen molar-refractivity contribution < 1.29 is 18.3 Å². The van der Waals surface area contributed by atoms with E-state index in [1.54, 1.807) is 17.0 Å². The van der Waals surface area contributed by atoms with E-state index in [-0.39, 0.29) is 11.7 Å². The highest BCUT2D eigenvalue weighted by molar-refractivity contribution is 6.14. The van der Waals surface area contributed by atoms with Gasteiger partial charge in [0, 0.05) is 6.07 Å². The Hall–Kier alpha value is -2.43. The third-order valence-corrected chi connectivity index (χ3v) is 4.32. The van der Waals surface area contributed by atoms with Crippen molar-refractivity contribution in [2.24, 2.45) is 0 Å². The standard InChI is InChI=1S/C17H13F2NO2/c18-16(19)22-12-5-3-4-11(10-12)20-14-7-2-1-6-13(14)17(8-9-17)15(20)21/h1-7,10,16H,8-9H2. The largest absolute Gasteiger partial charge is 0.435 e. The molecule has 0 saturated heterocycles. The molecule has 5 heteroatoms. The predicted octanol–water partition coefficient (Wildman–Crippen LogP) is 4.00. The highest BCUT2D eigenvalue weighted by atomic mass is 19.3. The zero-order chi connectivity index (χ0) is 15.3. The monoisotopic (exact) mass is 301 g/mol. The molecule has 0 radical (unpaired) electrons.